The molecule has 0 radical (unpaired) electrons. The van der Waals surface area contributed by atoms with Crippen LogP contribution in [0.3, 0.4) is 0 Å². The molecule has 1 aromatic carbocycles. The van der Waals surface area contributed by atoms with Gasteiger partial charge in [0.25, 0.3) is 5.91 Å². The number of aromatic nitrogens is 1. The number of methoxy groups -OCH3 is 1. The molecule has 1 N–H and O–H groups in total. The first-order valence-electron chi connectivity index (χ1n) is 8.74. The van der Waals surface area contributed by atoms with Crippen molar-refractivity contribution >= 4 is 17.8 Å². The maximum absolute atomic E-state index is 12.1. The Balaban J connectivity index is 1.90. The number of hydrogen-bond acceptors (Lipinski definition) is 5. The van der Waals surface area contributed by atoms with Crippen molar-refractivity contribution in [3.8, 4) is 5.69 Å². The monoisotopic (exact) mass is 372 g/mol. The van der Waals surface area contributed by atoms with Crippen LogP contribution in [0.1, 0.15) is 30.6 Å². The van der Waals surface area contributed by atoms with Crippen LogP contribution < -0.4 is 5.32 Å². The first-order chi connectivity index (χ1) is 13.0. The zero-order chi connectivity index (χ0) is 19.8. The SMILES string of the molecule is CC[C@H](C)[C@H](NC(=O)COC(=O)c1ccc(-n2cccc2)cc1)C(=O)OC. The summed E-state index contributed by atoms with van der Waals surface area (Å²) in [5.74, 6) is -1.78. The Kier molecular flexibility index (Phi) is 7.16. The summed E-state index contributed by atoms with van der Waals surface area (Å²) in [6, 6.07) is 9.87. The molecule has 27 heavy (non-hydrogen) atoms. The van der Waals surface area contributed by atoms with Crippen molar-refractivity contribution in [2.75, 3.05) is 13.7 Å². The third-order valence-electron chi connectivity index (χ3n) is 4.32. The maximum atomic E-state index is 12.1. The highest BCUT2D eigenvalue weighted by Gasteiger charge is 2.27. The molecule has 2 atom stereocenters. The van der Waals surface area contributed by atoms with Crippen molar-refractivity contribution < 1.29 is 23.9 Å². The molecule has 1 heterocycles. The van der Waals surface area contributed by atoms with E-state index in [0.717, 1.165) is 5.69 Å². The number of nitrogens with one attached hydrogen (secondary N) is 1. The van der Waals surface area contributed by atoms with Crippen molar-refractivity contribution in [1.82, 2.24) is 9.88 Å². The molecule has 0 bridgehead atoms. The van der Waals surface area contributed by atoms with Gasteiger partial charge in [0.15, 0.2) is 6.61 Å². The van der Waals surface area contributed by atoms with Crippen molar-refractivity contribution in [1.29, 1.82) is 0 Å². The largest absolute Gasteiger partial charge is 0.467 e. The standard InChI is InChI=1S/C20H24N2O5/c1-4-14(2)18(20(25)26-3)21-17(23)13-27-19(24)15-7-9-16(10-8-15)22-11-5-6-12-22/h5-12,14,18H,4,13H2,1-3H3,(H,21,23)/t14-,18-/m0/s1. The summed E-state index contributed by atoms with van der Waals surface area (Å²) in [6.45, 7) is 3.27. The lowest BCUT2D eigenvalue weighted by Gasteiger charge is -2.21. The molecule has 0 aliphatic rings. The molecule has 0 spiro atoms. The Hall–Kier alpha value is -3.09. The Bertz CT molecular complexity index is 768. The highest BCUT2D eigenvalue weighted by molar-refractivity contribution is 5.92. The predicted molar refractivity (Wildman–Crippen MR) is 99.5 cm³/mol. The van der Waals surface area contributed by atoms with Gasteiger partial charge in [-0.05, 0) is 42.3 Å². The number of carbonyl (C=O) groups is 3. The fourth-order valence-corrected chi connectivity index (χ4v) is 2.50. The van der Waals surface area contributed by atoms with Gasteiger partial charge in [-0.3, -0.25) is 4.79 Å². The zero-order valence-corrected chi connectivity index (χ0v) is 15.7. The van der Waals surface area contributed by atoms with Gasteiger partial charge in [0, 0.05) is 18.1 Å². The van der Waals surface area contributed by atoms with Crippen LogP contribution in [0.4, 0.5) is 0 Å². The van der Waals surface area contributed by atoms with E-state index in [2.05, 4.69) is 5.32 Å². The van der Waals surface area contributed by atoms with Crippen molar-refractivity contribution in [2.24, 2.45) is 5.92 Å². The van der Waals surface area contributed by atoms with Crippen LogP contribution in [0.5, 0.6) is 0 Å². The average molecular weight is 372 g/mol. The van der Waals surface area contributed by atoms with Gasteiger partial charge in [-0.25, -0.2) is 9.59 Å². The van der Waals surface area contributed by atoms with Crippen molar-refractivity contribution in [3.63, 3.8) is 0 Å². The summed E-state index contributed by atoms with van der Waals surface area (Å²) in [5, 5.41) is 2.56. The summed E-state index contributed by atoms with van der Waals surface area (Å²) >= 11 is 0. The van der Waals surface area contributed by atoms with Gasteiger partial charge in [-0.1, -0.05) is 20.3 Å². The highest BCUT2D eigenvalue weighted by atomic mass is 16.5. The van der Waals surface area contributed by atoms with Crippen LogP contribution in [0, 0.1) is 5.92 Å². The Morgan fingerprint density at radius 1 is 1.11 bits per heavy atom. The van der Waals surface area contributed by atoms with E-state index in [9.17, 15) is 14.4 Å². The second-order valence-corrected chi connectivity index (χ2v) is 6.17. The smallest absolute Gasteiger partial charge is 0.338 e. The lowest BCUT2D eigenvalue weighted by atomic mass is 9.99. The van der Waals surface area contributed by atoms with Crippen LogP contribution in [0.2, 0.25) is 0 Å². The van der Waals surface area contributed by atoms with E-state index >= 15 is 0 Å². The van der Waals surface area contributed by atoms with E-state index in [0.29, 0.717) is 12.0 Å². The Morgan fingerprint density at radius 3 is 2.30 bits per heavy atom. The van der Waals surface area contributed by atoms with E-state index in [1.165, 1.54) is 7.11 Å². The molecule has 0 saturated heterocycles. The number of ether oxygens (including phenoxy) is 2. The maximum Gasteiger partial charge on any atom is 0.338 e. The van der Waals surface area contributed by atoms with Gasteiger partial charge in [-0.15, -0.1) is 0 Å². The zero-order valence-electron chi connectivity index (χ0n) is 15.7. The first-order valence-corrected chi connectivity index (χ1v) is 8.74. The van der Waals surface area contributed by atoms with Crippen LogP contribution >= 0.6 is 0 Å². The number of carbonyl (C=O) groups excluding carboxylic acids is 3. The summed E-state index contributed by atoms with van der Waals surface area (Å²) in [6.07, 6.45) is 4.48. The van der Waals surface area contributed by atoms with Gasteiger partial charge < -0.3 is 19.4 Å². The van der Waals surface area contributed by atoms with Crippen LogP contribution in [0.25, 0.3) is 5.69 Å². The summed E-state index contributed by atoms with van der Waals surface area (Å²) < 4.78 is 11.7. The van der Waals surface area contributed by atoms with Crippen LogP contribution in [0.15, 0.2) is 48.8 Å². The first kappa shape index (κ1) is 20.2. The molecular weight excluding hydrogens is 348 g/mol. The normalized spacial score (nSPS) is 12.7. The van der Waals surface area contributed by atoms with Crippen LogP contribution in [-0.4, -0.2) is 42.2 Å². The van der Waals surface area contributed by atoms with Crippen LogP contribution in [-0.2, 0) is 19.1 Å². The molecule has 1 amide bonds. The average Bonchev–Trinajstić information content (AvgIpc) is 3.24. The quantitative estimate of drug-likeness (QED) is 0.719. The van der Waals surface area contributed by atoms with E-state index < -0.39 is 30.5 Å². The third kappa shape index (κ3) is 5.44. The van der Waals surface area contributed by atoms with Gasteiger partial charge in [0.1, 0.15) is 6.04 Å². The Labute approximate surface area is 158 Å². The molecule has 7 nitrogen and oxygen atoms in total. The van der Waals surface area contributed by atoms with E-state index in [1.54, 1.807) is 24.3 Å². The molecule has 0 saturated carbocycles. The van der Waals surface area contributed by atoms with E-state index in [-0.39, 0.29) is 5.92 Å². The minimum absolute atomic E-state index is 0.0988. The number of benzene rings is 1. The molecule has 1 aromatic heterocycles. The van der Waals surface area contributed by atoms with Crippen molar-refractivity contribution in [3.05, 3.63) is 54.4 Å². The number of esters is 2. The number of nitrogens with zero attached hydrogens (tertiary/aromatic N) is 1. The molecule has 7 heteroatoms. The number of amides is 1. The molecule has 0 aliphatic heterocycles. The third-order valence-corrected chi connectivity index (χ3v) is 4.32. The fourth-order valence-electron chi connectivity index (χ4n) is 2.50. The second kappa shape index (κ2) is 9.56. The van der Waals surface area contributed by atoms with Gasteiger partial charge in [-0.2, -0.15) is 0 Å². The minimum atomic E-state index is -0.771. The van der Waals surface area contributed by atoms with E-state index in [4.69, 9.17) is 9.47 Å². The highest BCUT2D eigenvalue weighted by Crippen LogP contribution is 2.11. The summed E-state index contributed by atoms with van der Waals surface area (Å²) in [5.41, 5.74) is 1.24. The lowest BCUT2D eigenvalue weighted by molar-refractivity contribution is -0.147. The molecule has 2 rings (SSSR count). The topological polar surface area (TPSA) is 86.6 Å². The van der Waals surface area contributed by atoms with Gasteiger partial charge in [0.05, 0.1) is 12.7 Å². The van der Waals surface area contributed by atoms with Gasteiger partial charge in [0.2, 0.25) is 0 Å². The second-order valence-electron chi connectivity index (χ2n) is 6.17. The molecule has 0 fully saturated rings. The minimum Gasteiger partial charge on any atom is -0.467 e. The molecule has 2 aromatic rings. The predicted octanol–water partition coefficient (Wildman–Crippen LogP) is 2.34. The summed E-state index contributed by atoms with van der Waals surface area (Å²) in [7, 11) is 1.27. The number of rotatable bonds is 8. The molecule has 0 aliphatic carbocycles. The molecule has 144 valence electrons. The van der Waals surface area contributed by atoms with E-state index in [1.807, 2.05) is 42.9 Å². The molecular formula is C20H24N2O5. The fraction of sp³-hybridized carbons (Fsp3) is 0.350. The van der Waals surface area contributed by atoms with Crippen molar-refractivity contribution in [2.45, 2.75) is 26.3 Å². The Morgan fingerprint density at radius 2 is 1.74 bits per heavy atom. The number of hydrogen-bond donors (Lipinski definition) is 1. The van der Waals surface area contributed by atoms with Gasteiger partial charge >= 0.3 is 11.9 Å². The lowest BCUT2D eigenvalue weighted by Crippen LogP contribution is -2.47. The summed E-state index contributed by atoms with van der Waals surface area (Å²) in [4.78, 5) is 35.9. The molecule has 0 unspecified atom stereocenters.